The summed E-state index contributed by atoms with van der Waals surface area (Å²) < 4.78 is 13.5. The Bertz CT molecular complexity index is 1210. The Morgan fingerprint density at radius 1 is 1.09 bits per heavy atom. The minimum atomic E-state index is -0.285. The zero-order valence-electron chi connectivity index (χ0n) is 19.9. The fourth-order valence-electron chi connectivity index (χ4n) is 5.64. The quantitative estimate of drug-likeness (QED) is 0.495. The van der Waals surface area contributed by atoms with Crippen LogP contribution in [0.5, 0.6) is 0 Å². The van der Waals surface area contributed by atoms with Crippen LogP contribution in [0, 0.1) is 17.1 Å². The highest BCUT2D eigenvalue weighted by Gasteiger charge is 2.30. The Labute approximate surface area is 205 Å². The van der Waals surface area contributed by atoms with Crippen LogP contribution in [0.3, 0.4) is 0 Å². The van der Waals surface area contributed by atoms with E-state index in [9.17, 15) is 9.18 Å². The number of nitrogens with one attached hydrogen (secondary N) is 3. The first-order valence-corrected chi connectivity index (χ1v) is 12.6. The summed E-state index contributed by atoms with van der Waals surface area (Å²) in [6, 6.07) is 15.4. The van der Waals surface area contributed by atoms with E-state index >= 15 is 0 Å². The fourth-order valence-corrected chi connectivity index (χ4v) is 5.64. The minimum absolute atomic E-state index is 0.0109. The predicted molar refractivity (Wildman–Crippen MR) is 136 cm³/mol. The third-order valence-corrected chi connectivity index (χ3v) is 7.43. The lowest BCUT2D eigenvalue weighted by Gasteiger charge is -2.40. The van der Waals surface area contributed by atoms with E-state index in [1.165, 1.54) is 18.6 Å². The maximum atomic E-state index is 13.5. The van der Waals surface area contributed by atoms with E-state index in [0.717, 1.165) is 61.8 Å². The molecule has 1 saturated heterocycles. The van der Waals surface area contributed by atoms with E-state index in [2.05, 4.69) is 26.6 Å². The molecule has 1 aliphatic carbocycles. The van der Waals surface area contributed by atoms with Gasteiger partial charge in [0.05, 0.1) is 18.1 Å². The first-order chi connectivity index (χ1) is 17.1. The van der Waals surface area contributed by atoms with E-state index in [4.69, 9.17) is 5.26 Å². The molecular formula is C28H32FN5O. The molecule has 3 aromatic rings. The van der Waals surface area contributed by atoms with Gasteiger partial charge in [0.15, 0.2) is 0 Å². The summed E-state index contributed by atoms with van der Waals surface area (Å²) in [5.74, 6) is -0.274. The van der Waals surface area contributed by atoms with Gasteiger partial charge in [-0.2, -0.15) is 5.26 Å². The summed E-state index contributed by atoms with van der Waals surface area (Å²) in [5, 5.41) is 17.1. The molecule has 1 amide bonds. The molecule has 0 radical (unpaired) electrons. The number of benzene rings is 2. The summed E-state index contributed by atoms with van der Waals surface area (Å²) in [5.41, 5.74) is 3.45. The number of carbonyl (C=O) groups is 1. The number of halogens is 1. The number of hydrogen-bond acceptors (Lipinski definition) is 4. The molecule has 5 rings (SSSR count). The second-order valence-corrected chi connectivity index (χ2v) is 9.86. The van der Waals surface area contributed by atoms with Gasteiger partial charge in [0.2, 0.25) is 5.91 Å². The summed E-state index contributed by atoms with van der Waals surface area (Å²) in [6.07, 6.45) is 8.66. The number of nitrogens with zero attached hydrogens (tertiary/aromatic N) is 2. The highest BCUT2D eigenvalue weighted by Crippen LogP contribution is 2.25. The van der Waals surface area contributed by atoms with Crippen molar-refractivity contribution in [3.8, 4) is 6.07 Å². The number of piperidine rings is 1. The zero-order chi connectivity index (χ0) is 24.2. The van der Waals surface area contributed by atoms with Crippen molar-refractivity contribution in [1.82, 2.24) is 15.6 Å². The van der Waals surface area contributed by atoms with Gasteiger partial charge in [-0.25, -0.2) is 4.39 Å². The number of amides is 1. The first kappa shape index (κ1) is 23.4. The molecule has 182 valence electrons. The predicted octanol–water partition coefficient (Wildman–Crippen LogP) is 4.41. The van der Waals surface area contributed by atoms with Gasteiger partial charge in [0.25, 0.3) is 0 Å². The molecule has 0 spiro atoms. The highest BCUT2D eigenvalue weighted by molar-refractivity contribution is 5.89. The number of carbonyl (C=O) groups excluding carboxylic acids is 1. The van der Waals surface area contributed by atoms with Crippen LogP contribution in [0.4, 0.5) is 10.1 Å². The van der Waals surface area contributed by atoms with Gasteiger partial charge in [0.1, 0.15) is 5.82 Å². The van der Waals surface area contributed by atoms with E-state index in [1.807, 2.05) is 24.3 Å². The molecule has 3 atom stereocenters. The third-order valence-electron chi connectivity index (χ3n) is 7.43. The maximum absolute atomic E-state index is 13.5. The molecule has 7 heteroatoms. The molecule has 3 N–H and O–H groups in total. The van der Waals surface area contributed by atoms with Crippen molar-refractivity contribution in [2.24, 2.45) is 0 Å². The molecule has 1 aliphatic heterocycles. The second kappa shape index (κ2) is 10.5. The first-order valence-electron chi connectivity index (χ1n) is 12.6. The number of hydrogen-bond donors (Lipinski definition) is 3. The van der Waals surface area contributed by atoms with Gasteiger partial charge in [-0.05, 0) is 73.7 Å². The Morgan fingerprint density at radius 2 is 1.89 bits per heavy atom. The van der Waals surface area contributed by atoms with Crippen molar-refractivity contribution in [3.63, 3.8) is 0 Å². The molecule has 1 aromatic heterocycles. The Morgan fingerprint density at radius 3 is 2.69 bits per heavy atom. The molecule has 2 fully saturated rings. The van der Waals surface area contributed by atoms with E-state index in [0.29, 0.717) is 17.1 Å². The van der Waals surface area contributed by atoms with Crippen molar-refractivity contribution >= 4 is 22.5 Å². The summed E-state index contributed by atoms with van der Waals surface area (Å²) >= 11 is 0. The number of H-pyrrole nitrogens is 1. The average Bonchev–Trinajstić information content (AvgIpc) is 3.26. The number of aromatic nitrogens is 1. The second-order valence-electron chi connectivity index (χ2n) is 9.86. The van der Waals surface area contributed by atoms with E-state index in [-0.39, 0.29) is 30.2 Å². The normalized spacial score (nSPS) is 22.6. The van der Waals surface area contributed by atoms with Crippen LogP contribution in [-0.2, 0) is 11.2 Å². The third kappa shape index (κ3) is 5.49. The van der Waals surface area contributed by atoms with Gasteiger partial charge >= 0.3 is 0 Å². The monoisotopic (exact) mass is 473 g/mol. The standard InChI is InChI=1S/C28H32FN5O/c29-21-9-12-24-20(17-31-27(24)15-21)14-28(35)33-26-6-2-1-5-25(26)32-22-4-3-13-34(18-22)23-10-7-19(16-30)8-11-23/h7-12,15,17,22,25-26,31-32H,1-6,13-14,18H2,(H,33,35). The number of fused-ring (bicyclic) bond motifs is 1. The van der Waals surface area contributed by atoms with Gasteiger partial charge in [-0.1, -0.05) is 12.8 Å². The Kier molecular flexibility index (Phi) is 7.01. The van der Waals surface area contributed by atoms with Crippen molar-refractivity contribution in [2.45, 2.75) is 63.1 Å². The molecule has 0 bridgehead atoms. The molecular weight excluding hydrogens is 441 g/mol. The molecule has 2 heterocycles. The topological polar surface area (TPSA) is 83.9 Å². The smallest absolute Gasteiger partial charge is 0.224 e. The Hall–Kier alpha value is -3.37. The van der Waals surface area contributed by atoms with Crippen LogP contribution in [0.2, 0.25) is 0 Å². The van der Waals surface area contributed by atoms with Crippen molar-refractivity contribution in [3.05, 3.63) is 65.6 Å². The van der Waals surface area contributed by atoms with E-state index in [1.54, 1.807) is 12.3 Å². The van der Waals surface area contributed by atoms with Gasteiger partial charge < -0.3 is 20.5 Å². The molecule has 2 aliphatic rings. The zero-order valence-corrected chi connectivity index (χ0v) is 19.9. The minimum Gasteiger partial charge on any atom is -0.370 e. The number of rotatable bonds is 6. The van der Waals surface area contributed by atoms with Crippen LogP contribution < -0.4 is 15.5 Å². The van der Waals surface area contributed by atoms with Crippen molar-refractivity contribution in [2.75, 3.05) is 18.0 Å². The van der Waals surface area contributed by atoms with E-state index < -0.39 is 0 Å². The van der Waals surface area contributed by atoms with Crippen molar-refractivity contribution < 1.29 is 9.18 Å². The number of anilines is 1. The lowest BCUT2D eigenvalue weighted by molar-refractivity contribution is -0.121. The lowest BCUT2D eigenvalue weighted by atomic mass is 9.88. The molecule has 35 heavy (non-hydrogen) atoms. The van der Waals surface area contributed by atoms with Crippen molar-refractivity contribution in [1.29, 1.82) is 5.26 Å². The van der Waals surface area contributed by atoms with Gasteiger partial charge in [0, 0.05) is 54.0 Å². The molecule has 3 unspecified atom stereocenters. The summed E-state index contributed by atoms with van der Waals surface area (Å²) in [4.78, 5) is 18.4. The lowest BCUT2D eigenvalue weighted by Crippen LogP contribution is -2.57. The highest BCUT2D eigenvalue weighted by atomic mass is 19.1. The van der Waals surface area contributed by atoms with Crippen LogP contribution in [-0.4, -0.2) is 42.1 Å². The summed E-state index contributed by atoms with van der Waals surface area (Å²) in [6.45, 7) is 1.94. The molecule has 1 saturated carbocycles. The van der Waals surface area contributed by atoms with Gasteiger partial charge in [-0.3, -0.25) is 4.79 Å². The van der Waals surface area contributed by atoms with Crippen LogP contribution in [0.1, 0.15) is 49.7 Å². The molecule has 2 aromatic carbocycles. The summed E-state index contributed by atoms with van der Waals surface area (Å²) in [7, 11) is 0. The van der Waals surface area contributed by atoms with Gasteiger partial charge in [-0.15, -0.1) is 0 Å². The largest absolute Gasteiger partial charge is 0.370 e. The number of nitriles is 1. The Balaban J connectivity index is 1.19. The fraction of sp³-hybridized carbons (Fsp3) is 0.429. The van der Waals surface area contributed by atoms with Crippen LogP contribution in [0.25, 0.3) is 10.9 Å². The average molecular weight is 474 g/mol. The van der Waals surface area contributed by atoms with Crippen LogP contribution >= 0.6 is 0 Å². The maximum Gasteiger partial charge on any atom is 0.224 e. The molecule has 6 nitrogen and oxygen atoms in total. The SMILES string of the molecule is N#Cc1ccc(N2CCCC(NC3CCCCC3NC(=O)Cc3c[nH]c4cc(F)ccc34)C2)cc1. The van der Waals surface area contributed by atoms with Crippen LogP contribution in [0.15, 0.2) is 48.7 Å². The number of aromatic amines is 1.